The first-order valence-electron chi connectivity index (χ1n) is 7.02. The van der Waals surface area contributed by atoms with Crippen LogP contribution in [0.5, 0.6) is 0 Å². The monoisotopic (exact) mass is 295 g/mol. The van der Waals surface area contributed by atoms with Crippen LogP contribution in [0.25, 0.3) is 0 Å². The van der Waals surface area contributed by atoms with Crippen molar-refractivity contribution in [3.8, 4) is 0 Å². The molecule has 1 N–H and O–H groups in total. The van der Waals surface area contributed by atoms with Gasteiger partial charge in [-0.05, 0) is 37.5 Å². The van der Waals surface area contributed by atoms with Gasteiger partial charge in [-0.3, -0.25) is 0 Å². The lowest BCUT2D eigenvalue weighted by molar-refractivity contribution is 0.297. The Bertz CT molecular complexity index is 324. The van der Waals surface area contributed by atoms with Crippen molar-refractivity contribution in [1.29, 1.82) is 0 Å². The van der Waals surface area contributed by atoms with Crippen LogP contribution in [0.15, 0.2) is 0 Å². The molecule has 0 aliphatic heterocycles. The maximum Gasteiger partial charge on any atom is 0.212 e. The van der Waals surface area contributed by atoms with Crippen molar-refractivity contribution in [2.24, 2.45) is 11.8 Å². The Morgan fingerprint density at radius 2 is 1.89 bits per heavy atom. The fourth-order valence-electron chi connectivity index (χ4n) is 2.70. The molecule has 1 fully saturated rings. The fourth-order valence-corrected chi connectivity index (χ4v) is 4.64. The third kappa shape index (κ3) is 5.89. The zero-order chi connectivity index (χ0) is 13.6. The molecule has 0 amide bonds. The van der Waals surface area contributed by atoms with Gasteiger partial charge in [0, 0.05) is 11.9 Å². The molecule has 1 aliphatic carbocycles. The van der Waals surface area contributed by atoms with Gasteiger partial charge >= 0.3 is 0 Å². The van der Waals surface area contributed by atoms with Crippen molar-refractivity contribution in [3.63, 3.8) is 0 Å². The molecule has 1 unspecified atom stereocenters. The summed E-state index contributed by atoms with van der Waals surface area (Å²) in [5.41, 5.74) is 0. The highest BCUT2D eigenvalue weighted by atomic mass is 35.5. The van der Waals surface area contributed by atoms with Crippen LogP contribution in [0.3, 0.4) is 0 Å². The van der Waals surface area contributed by atoms with Crippen molar-refractivity contribution < 1.29 is 8.42 Å². The molecule has 3 nitrogen and oxygen atoms in total. The molecule has 5 heteroatoms. The van der Waals surface area contributed by atoms with Crippen LogP contribution in [0.4, 0.5) is 0 Å². The second kappa shape index (κ2) is 7.71. The average molecular weight is 296 g/mol. The van der Waals surface area contributed by atoms with Gasteiger partial charge in [0.25, 0.3) is 0 Å². The summed E-state index contributed by atoms with van der Waals surface area (Å²) in [6.45, 7) is 4.08. The fraction of sp³-hybridized carbons (Fsp3) is 1.00. The van der Waals surface area contributed by atoms with Crippen LogP contribution in [0.2, 0.25) is 0 Å². The number of nitrogens with one attached hydrogen (secondary N) is 1. The van der Waals surface area contributed by atoms with Gasteiger partial charge in [-0.25, -0.2) is 13.1 Å². The van der Waals surface area contributed by atoms with Gasteiger partial charge in [0.15, 0.2) is 0 Å². The first kappa shape index (κ1) is 16.3. The number of hydrogen-bond donors (Lipinski definition) is 1. The molecule has 0 aromatic heterocycles. The summed E-state index contributed by atoms with van der Waals surface area (Å²) in [7, 11) is -3.16. The van der Waals surface area contributed by atoms with E-state index in [1.54, 1.807) is 0 Å². The van der Waals surface area contributed by atoms with E-state index in [0.29, 0.717) is 5.88 Å². The molecule has 108 valence electrons. The summed E-state index contributed by atoms with van der Waals surface area (Å²) >= 11 is 5.66. The zero-order valence-corrected chi connectivity index (χ0v) is 13.1. The number of alkyl halides is 1. The molecule has 0 aromatic carbocycles. The van der Waals surface area contributed by atoms with Crippen molar-refractivity contribution in [2.45, 2.75) is 58.4 Å². The third-order valence-electron chi connectivity index (χ3n) is 3.66. The number of rotatable bonds is 7. The van der Waals surface area contributed by atoms with Gasteiger partial charge in [0.2, 0.25) is 10.0 Å². The molecule has 1 atom stereocenters. The van der Waals surface area contributed by atoms with Crippen molar-refractivity contribution >= 4 is 21.6 Å². The Labute approximate surface area is 117 Å². The lowest BCUT2D eigenvalue weighted by atomic mass is 9.84. The highest BCUT2D eigenvalue weighted by molar-refractivity contribution is 7.89. The molecule has 0 heterocycles. The van der Waals surface area contributed by atoms with E-state index in [1.165, 1.54) is 12.8 Å². The Balaban J connectivity index is 2.36. The lowest BCUT2D eigenvalue weighted by Gasteiger charge is -2.29. The van der Waals surface area contributed by atoms with Crippen LogP contribution >= 0.6 is 11.6 Å². The van der Waals surface area contributed by atoms with Crippen LogP contribution in [-0.2, 0) is 10.0 Å². The molecular weight excluding hydrogens is 270 g/mol. The van der Waals surface area contributed by atoms with Crippen LogP contribution in [0, 0.1) is 11.8 Å². The number of hydrogen-bond acceptors (Lipinski definition) is 2. The summed E-state index contributed by atoms with van der Waals surface area (Å²) in [4.78, 5) is 0. The van der Waals surface area contributed by atoms with E-state index in [0.717, 1.165) is 31.6 Å². The summed E-state index contributed by atoms with van der Waals surface area (Å²) in [5, 5.41) is 0. The Morgan fingerprint density at radius 1 is 1.28 bits per heavy atom. The predicted octanol–water partition coefficient (Wildman–Crippen LogP) is 3.14. The Hall–Kier alpha value is 0.200. The van der Waals surface area contributed by atoms with Crippen LogP contribution in [-0.4, -0.2) is 26.1 Å². The van der Waals surface area contributed by atoms with Crippen molar-refractivity contribution in [3.05, 3.63) is 0 Å². The standard InChI is InChI=1S/C13H26ClNO2S/c1-3-4-12-5-7-13(8-6-12)15-18(16,17)10-11(2)9-14/h11-13,15H,3-10H2,1-2H3. The summed E-state index contributed by atoms with van der Waals surface area (Å²) in [5.74, 6) is 1.35. The van der Waals surface area contributed by atoms with Crippen molar-refractivity contribution in [1.82, 2.24) is 4.72 Å². The van der Waals surface area contributed by atoms with Gasteiger partial charge in [-0.2, -0.15) is 0 Å². The minimum atomic E-state index is -3.16. The third-order valence-corrected chi connectivity index (χ3v) is 5.88. The molecule has 1 aliphatic rings. The smallest absolute Gasteiger partial charge is 0.212 e. The minimum absolute atomic E-state index is 0.0144. The lowest BCUT2D eigenvalue weighted by Crippen LogP contribution is -2.40. The number of halogens is 1. The second-order valence-corrected chi connectivity index (χ2v) is 7.77. The highest BCUT2D eigenvalue weighted by Gasteiger charge is 2.25. The molecule has 0 aromatic rings. The van der Waals surface area contributed by atoms with Crippen LogP contribution < -0.4 is 4.72 Å². The van der Waals surface area contributed by atoms with E-state index < -0.39 is 10.0 Å². The topological polar surface area (TPSA) is 46.2 Å². The summed E-state index contributed by atoms with van der Waals surface area (Å²) in [6, 6.07) is 0.144. The summed E-state index contributed by atoms with van der Waals surface area (Å²) in [6.07, 6.45) is 6.80. The van der Waals surface area contributed by atoms with E-state index in [-0.39, 0.29) is 17.7 Å². The van der Waals surface area contributed by atoms with Gasteiger partial charge in [-0.1, -0.05) is 26.7 Å². The van der Waals surface area contributed by atoms with Gasteiger partial charge < -0.3 is 0 Å². The molecule has 0 saturated heterocycles. The quantitative estimate of drug-likeness (QED) is 0.734. The minimum Gasteiger partial charge on any atom is -0.212 e. The number of sulfonamides is 1. The molecule has 1 saturated carbocycles. The van der Waals surface area contributed by atoms with E-state index in [1.807, 2.05) is 6.92 Å². The first-order valence-corrected chi connectivity index (χ1v) is 9.21. The molecule has 0 spiro atoms. The van der Waals surface area contributed by atoms with Crippen LogP contribution in [0.1, 0.15) is 52.4 Å². The van der Waals surface area contributed by atoms with E-state index in [4.69, 9.17) is 11.6 Å². The predicted molar refractivity (Wildman–Crippen MR) is 77.5 cm³/mol. The Morgan fingerprint density at radius 3 is 2.39 bits per heavy atom. The van der Waals surface area contributed by atoms with Gasteiger partial charge in [0.05, 0.1) is 5.75 Å². The first-order chi connectivity index (χ1) is 8.46. The zero-order valence-electron chi connectivity index (χ0n) is 11.5. The molecular formula is C13H26ClNO2S. The second-order valence-electron chi connectivity index (χ2n) is 5.67. The molecule has 18 heavy (non-hydrogen) atoms. The van der Waals surface area contributed by atoms with Crippen molar-refractivity contribution in [2.75, 3.05) is 11.6 Å². The van der Waals surface area contributed by atoms with E-state index in [9.17, 15) is 8.42 Å². The maximum atomic E-state index is 11.9. The summed E-state index contributed by atoms with van der Waals surface area (Å²) < 4.78 is 26.6. The highest BCUT2D eigenvalue weighted by Crippen LogP contribution is 2.28. The van der Waals surface area contributed by atoms with E-state index in [2.05, 4.69) is 11.6 Å². The van der Waals surface area contributed by atoms with Gasteiger partial charge in [0.1, 0.15) is 0 Å². The maximum absolute atomic E-state index is 11.9. The SMILES string of the molecule is CCCC1CCC(NS(=O)(=O)CC(C)CCl)CC1. The normalized spacial score (nSPS) is 27.1. The molecule has 0 bridgehead atoms. The Kier molecular flexibility index (Phi) is 6.96. The van der Waals surface area contributed by atoms with Gasteiger partial charge in [-0.15, -0.1) is 11.6 Å². The van der Waals surface area contributed by atoms with E-state index >= 15 is 0 Å². The average Bonchev–Trinajstić information content (AvgIpc) is 2.31. The molecule has 0 radical (unpaired) electrons. The molecule has 1 rings (SSSR count). The largest absolute Gasteiger partial charge is 0.212 e.